The van der Waals surface area contributed by atoms with E-state index in [2.05, 4.69) is 24.4 Å². The van der Waals surface area contributed by atoms with E-state index in [0.29, 0.717) is 11.0 Å². The first-order chi connectivity index (χ1) is 9.70. The maximum Gasteiger partial charge on any atom is 0.236 e. The van der Waals surface area contributed by atoms with Gasteiger partial charge in [0.2, 0.25) is 5.91 Å². The molecule has 1 heterocycles. The highest BCUT2D eigenvalue weighted by Gasteiger charge is 2.18. The Kier molecular flexibility index (Phi) is 5.92. The molecule has 0 atom stereocenters. The Labute approximate surface area is 126 Å². The van der Waals surface area contributed by atoms with Crippen LogP contribution in [0.3, 0.4) is 0 Å². The molecule has 20 heavy (non-hydrogen) atoms. The zero-order chi connectivity index (χ0) is 14.4. The fourth-order valence-electron chi connectivity index (χ4n) is 2.53. The highest BCUT2D eigenvalue weighted by molar-refractivity contribution is 8.00. The van der Waals surface area contributed by atoms with Crippen molar-refractivity contribution in [2.24, 2.45) is 0 Å². The minimum Gasteiger partial charge on any atom is -0.317 e. The predicted molar refractivity (Wildman–Crippen MR) is 87.6 cm³/mol. The van der Waals surface area contributed by atoms with Crippen molar-refractivity contribution in [1.29, 1.82) is 0 Å². The van der Waals surface area contributed by atoms with Crippen molar-refractivity contribution >= 4 is 23.4 Å². The second-order valence-electron chi connectivity index (χ2n) is 5.24. The minimum absolute atomic E-state index is 0.224. The first-order valence-corrected chi connectivity index (χ1v) is 8.45. The molecule has 3 nitrogen and oxygen atoms in total. The number of hydrogen-bond donors (Lipinski definition) is 1. The van der Waals surface area contributed by atoms with E-state index in [4.69, 9.17) is 0 Å². The molecule has 0 spiro atoms. The summed E-state index contributed by atoms with van der Waals surface area (Å²) in [6.07, 6.45) is 2.35. The van der Waals surface area contributed by atoms with Crippen molar-refractivity contribution in [3.8, 4) is 0 Å². The van der Waals surface area contributed by atoms with Gasteiger partial charge in [0.05, 0.1) is 5.75 Å². The number of carbonyl (C=O) groups is 1. The van der Waals surface area contributed by atoms with Crippen LogP contribution < -0.4 is 10.2 Å². The molecule has 0 radical (unpaired) electrons. The van der Waals surface area contributed by atoms with Crippen LogP contribution in [-0.2, 0) is 4.79 Å². The standard InChI is InChI=1S/C16H24N2OS/c1-3-18(14-6-4-5-13(2)11-14)16(19)12-20-15-7-9-17-10-8-15/h4-6,11,15,17H,3,7-10,12H2,1-2H3. The number of thioether (sulfide) groups is 1. The molecule has 1 aliphatic heterocycles. The quantitative estimate of drug-likeness (QED) is 0.906. The van der Waals surface area contributed by atoms with Crippen LogP contribution >= 0.6 is 11.8 Å². The third-order valence-corrected chi connectivity index (χ3v) is 5.02. The molecule has 1 aromatic rings. The lowest BCUT2D eigenvalue weighted by molar-refractivity contribution is -0.116. The van der Waals surface area contributed by atoms with Crippen LogP contribution in [0.2, 0.25) is 0 Å². The van der Waals surface area contributed by atoms with Crippen LogP contribution in [0.1, 0.15) is 25.3 Å². The van der Waals surface area contributed by atoms with E-state index in [1.165, 1.54) is 18.4 Å². The molecule has 4 heteroatoms. The highest BCUT2D eigenvalue weighted by Crippen LogP contribution is 2.22. The Morgan fingerprint density at radius 1 is 1.40 bits per heavy atom. The second kappa shape index (κ2) is 7.70. The maximum atomic E-state index is 12.4. The average molecular weight is 292 g/mol. The van der Waals surface area contributed by atoms with E-state index in [1.807, 2.05) is 35.7 Å². The van der Waals surface area contributed by atoms with Gasteiger partial charge in [-0.1, -0.05) is 12.1 Å². The van der Waals surface area contributed by atoms with Crippen molar-refractivity contribution < 1.29 is 4.79 Å². The highest BCUT2D eigenvalue weighted by atomic mass is 32.2. The summed E-state index contributed by atoms with van der Waals surface area (Å²) in [6.45, 7) is 7.00. The molecule has 1 N–H and O–H groups in total. The second-order valence-corrected chi connectivity index (χ2v) is 6.53. The summed E-state index contributed by atoms with van der Waals surface area (Å²) in [5.41, 5.74) is 2.21. The van der Waals surface area contributed by atoms with E-state index in [9.17, 15) is 4.79 Å². The zero-order valence-electron chi connectivity index (χ0n) is 12.4. The van der Waals surface area contributed by atoms with E-state index < -0.39 is 0 Å². The first-order valence-electron chi connectivity index (χ1n) is 7.40. The molecule has 1 saturated heterocycles. The lowest BCUT2D eigenvalue weighted by Gasteiger charge is -2.25. The number of nitrogens with one attached hydrogen (secondary N) is 1. The largest absolute Gasteiger partial charge is 0.317 e. The Morgan fingerprint density at radius 2 is 2.15 bits per heavy atom. The van der Waals surface area contributed by atoms with Crippen LogP contribution in [0, 0.1) is 6.92 Å². The summed E-state index contributed by atoms with van der Waals surface area (Å²) in [5.74, 6) is 0.813. The van der Waals surface area contributed by atoms with Crippen molar-refractivity contribution in [3.05, 3.63) is 29.8 Å². The number of hydrogen-bond acceptors (Lipinski definition) is 3. The van der Waals surface area contributed by atoms with Crippen LogP contribution in [-0.4, -0.2) is 36.5 Å². The Morgan fingerprint density at radius 3 is 2.80 bits per heavy atom. The Hall–Kier alpha value is -1.00. The van der Waals surface area contributed by atoms with Gasteiger partial charge in [0.15, 0.2) is 0 Å². The molecule has 1 fully saturated rings. The number of aryl methyl sites for hydroxylation is 1. The number of amides is 1. The topological polar surface area (TPSA) is 32.3 Å². The predicted octanol–water partition coefficient (Wildman–Crippen LogP) is 2.83. The molecule has 0 unspecified atom stereocenters. The normalized spacial score (nSPS) is 16.1. The molecule has 1 amide bonds. The van der Waals surface area contributed by atoms with Gasteiger partial charge in [0.1, 0.15) is 0 Å². The summed E-state index contributed by atoms with van der Waals surface area (Å²) in [4.78, 5) is 14.3. The summed E-state index contributed by atoms with van der Waals surface area (Å²) >= 11 is 1.82. The van der Waals surface area contributed by atoms with Gasteiger partial charge in [0, 0.05) is 17.5 Å². The minimum atomic E-state index is 0.224. The van der Waals surface area contributed by atoms with Gasteiger partial charge in [-0.15, -0.1) is 11.8 Å². The van der Waals surface area contributed by atoms with Gasteiger partial charge in [-0.25, -0.2) is 0 Å². The van der Waals surface area contributed by atoms with Gasteiger partial charge in [0.25, 0.3) is 0 Å². The third kappa shape index (κ3) is 4.25. The van der Waals surface area contributed by atoms with Crippen molar-refractivity contribution in [2.45, 2.75) is 31.9 Å². The van der Waals surface area contributed by atoms with E-state index in [1.54, 1.807) is 0 Å². The molecule has 1 aliphatic rings. The molecule has 2 rings (SSSR count). The average Bonchev–Trinajstić information content (AvgIpc) is 2.47. The monoisotopic (exact) mass is 292 g/mol. The van der Waals surface area contributed by atoms with E-state index in [-0.39, 0.29) is 5.91 Å². The fraction of sp³-hybridized carbons (Fsp3) is 0.562. The number of carbonyl (C=O) groups excluding carboxylic acids is 1. The first kappa shape index (κ1) is 15.4. The summed E-state index contributed by atoms with van der Waals surface area (Å²) in [6, 6.07) is 8.17. The Bertz CT molecular complexity index is 444. The smallest absolute Gasteiger partial charge is 0.236 e. The zero-order valence-corrected chi connectivity index (χ0v) is 13.2. The van der Waals surface area contributed by atoms with E-state index in [0.717, 1.165) is 25.3 Å². The molecular weight excluding hydrogens is 268 g/mol. The molecule has 0 aliphatic carbocycles. The fourth-order valence-corrected chi connectivity index (χ4v) is 3.63. The summed E-state index contributed by atoms with van der Waals surface area (Å²) in [7, 11) is 0. The Balaban J connectivity index is 1.91. The number of nitrogens with zero attached hydrogens (tertiary/aromatic N) is 1. The van der Waals surface area contributed by atoms with Crippen LogP contribution in [0.4, 0.5) is 5.69 Å². The van der Waals surface area contributed by atoms with Gasteiger partial charge in [-0.05, 0) is 57.5 Å². The van der Waals surface area contributed by atoms with Gasteiger partial charge < -0.3 is 10.2 Å². The van der Waals surface area contributed by atoms with Gasteiger partial charge in [-0.3, -0.25) is 4.79 Å². The summed E-state index contributed by atoms with van der Waals surface area (Å²) < 4.78 is 0. The van der Waals surface area contributed by atoms with E-state index >= 15 is 0 Å². The van der Waals surface area contributed by atoms with Crippen molar-refractivity contribution in [3.63, 3.8) is 0 Å². The molecule has 1 aromatic carbocycles. The molecule has 0 aromatic heterocycles. The SMILES string of the molecule is CCN(C(=O)CSC1CCNCC1)c1cccc(C)c1. The number of benzene rings is 1. The number of rotatable bonds is 5. The lowest BCUT2D eigenvalue weighted by Crippen LogP contribution is -2.34. The van der Waals surface area contributed by atoms with Gasteiger partial charge >= 0.3 is 0 Å². The van der Waals surface area contributed by atoms with Crippen LogP contribution in [0.25, 0.3) is 0 Å². The number of anilines is 1. The van der Waals surface area contributed by atoms with Crippen molar-refractivity contribution in [1.82, 2.24) is 5.32 Å². The van der Waals surface area contributed by atoms with Crippen LogP contribution in [0.5, 0.6) is 0 Å². The number of piperidine rings is 1. The van der Waals surface area contributed by atoms with Crippen LogP contribution in [0.15, 0.2) is 24.3 Å². The van der Waals surface area contributed by atoms with Gasteiger partial charge in [-0.2, -0.15) is 0 Å². The lowest BCUT2D eigenvalue weighted by atomic mass is 10.2. The van der Waals surface area contributed by atoms with Crippen molar-refractivity contribution in [2.75, 3.05) is 30.3 Å². The molecular formula is C16H24N2OS. The summed E-state index contributed by atoms with van der Waals surface area (Å²) in [5, 5.41) is 4.00. The molecule has 0 saturated carbocycles. The molecule has 110 valence electrons. The maximum absolute atomic E-state index is 12.4. The molecule has 0 bridgehead atoms. The third-order valence-electron chi connectivity index (χ3n) is 3.66.